The van der Waals surface area contributed by atoms with E-state index in [9.17, 15) is 4.79 Å². The summed E-state index contributed by atoms with van der Waals surface area (Å²) in [4.78, 5) is 12.7. The van der Waals surface area contributed by atoms with Crippen LogP contribution in [0.2, 0.25) is 0 Å². The van der Waals surface area contributed by atoms with Gasteiger partial charge in [0.2, 0.25) is 0 Å². The van der Waals surface area contributed by atoms with E-state index in [0.29, 0.717) is 6.54 Å². The van der Waals surface area contributed by atoms with Crippen molar-refractivity contribution in [3.8, 4) is 0 Å². The Morgan fingerprint density at radius 1 is 1.67 bits per heavy atom. The average molecular weight is 209 g/mol. The molecule has 4 heteroatoms. The number of nitrogens with zero attached hydrogens (tertiary/aromatic N) is 1. The minimum atomic E-state index is -0.736. The highest BCUT2D eigenvalue weighted by atomic mass is 16.4. The van der Waals surface area contributed by atoms with Gasteiger partial charge in [-0.25, -0.2) is 0 Å². The van der Waals surface area contributed by atoms with E-state index in [1.165, 1.54) is 0 Å². The second-order valence-corrected chi connectivity index (χ2v) is 3.85. The molecule has 1 saturated heterocycles. The van der Waals surface area contributed by atoms with E-state index in [2.05, 4.69) is 4.90 Å². The fourth-order valence-electron chi connectivity index (χ4n) is 2.14. The lowest BCUT2D eigenvalue weighted by atomic mass is 10.1. The van der Waals surface area contributed by atoms with Crippen LogP contribution in [0, 0.1) is 0 Å². The van der Waals surface area contributed by atoms with E-state index >= 15 is 0 Å². The molecule has 1 atom stereocenters. The fraction of sp³-hybridized carbons (Fsp3) is 0.545. The van der Waals surface area contributed by atoms with Crippen molar-refractivity contribution in [3.63, 3.8) is 0 Å². The highest BCUT2D eigenvalue weighted by Gasteiger charge is 2.27. The van der Waals surface area contributed by atoms with Gasteiger partial charge in [-0.05, 0) is 31.5 Å². The van der Waals surface area contributed by atoms with Crippen LogP contribution in [0.15, 0.2) is 22.8 Å². The van der Waals surface area contributed by atoms with Gasteiger partial charge in [-0.2, -0.15) is 0 Å². The molecular formula is C11H15NO3. The Kier molecular flexibility index (Phi) is 3.06. The van der Waals surface area contributed by atoms with Crippen LogP contribution in [0.3, 0.4) is 0 Å². The molecular weight excluding hydrogens is 194 g/mol. The lowest BCUT2D eigenvalue weighted by Gasteiger charge is -2.21. The number of carbonyl (C=O) groups is 1. The van der Waals surface area contributed by atoms with Gasteiger partial charge in [0.15, 0.2) is 0 Å². The molecule has 0 saturated carbocycles. The zero-order chi connectivity index (χ0) is 10.7. The number of likely N-dealkylation sites (tertiary alicyclic amines) is 1. The summed E-state index contributed by atoms with van der Waals surface area (Å²) >= 11 is 0. The van der Waals surface area contributed by atoms with Crippen molar-refractivity contribution in [1.29, 1.82) is 0 Å². The predicted octanol–water partition coefficient (Wildman–Crippen LogP) is 1.89. The topological polar surface area (TPSA) is 53.7 Å². The number of aliphatic carboxylic acids is 1. The molecule has 1 fully saturated rings. The van der Waals surface area contributed by atoms with Gasteiger partial charge in [0, 0.05) is 6.54 Å². The zero-order valence-corrected chi connectivity index (χ0v) is 8.56. The van der Waals surface area contributed by atoms with Crippen LogP contribution in [-0.2, 0) is 4.79 Å². The van der Waals surface area contributed by atoms with Gasteiger partial charge >= 0.3 is 5.97 Å². The van der Waals surface area contributed by atoms with E-state index in [1.54, 1.807) is 6.26 Å². The molecule has 1 aromatic rings. The van der Waals surface area contributed by atoms with Crippen LogP contribution in [0.4, 0.5) is 0 Å². The molecule has 0 aliphatic carbocycles. The normalized spacial score (nSPS) is 22.0. The molecule has 82 valence electrons. The van der Waals surface area contributed by atoms with Crippen LogP contribution in [0.25, 0.3) is 0 Å². The zero-order valence-electron chi connectivity index (χ0n) is 8.56. The summed E-state index contributed by atoms with van der Waals surface area (Å²) in [6.07, 6.45) is 4.05. The van der Waals surface area contributed by atoms with E-state index in [-0.39, 0.29) is 12.5 Å². The van der Waals surface area contributed by atoms with E-state index in [4.69, 9.17) is 9.52 Å². The highest BCUT2D eigenvalue weighted by molar-refractivity contribution is 5.66. The number of hydrogen-bond donors (Lipinski definition) is 1. The van der Waals surface area contributed by atoms with Crippen molar-refractivity contribution in [2.45, 2.75) is 25.3 Å². The monoisotopic (exact) mass is 209 g/mol. The molecule has 1 aliphatic heterocycles. The molecule has 0 spiro atoms. The van der Waals surface area contributed by atoms with Gasteiger partial charge in [-0.15, -0.1) is 0 Å². The number of carboxylic acids is 1. The smallest absolute Gasteiger partial charge is 0.304 e. The van der Waals surface area contributed by atoms with Crippen molar-refractivity contribution < 1.29 is 14.3 Å². The molecule has 0 aromatic carbocycles. The SMILES string of the molecule is O=C(O)CCN1CCC[C@@H]1c1ccco1. The molecule has 15 heavy (non-hydrogen) atoms. The standard InChI is InChI=1S/C11H15NO3/c13-11(14)5-7-12-6-1-3-9(12)10-4-2-8-15-10/h2,4,8-9H,1,3,5-7H2,(H,13,14)/t9-/m1/s1. The largest absolute Gasteiger partial charge is 0.481 e. The lowest BCUT2D eigenvalue weighted by molar-refractivity contribution is -0.137. The maximum Gasteiger partial charge on any atom is 0.304 e. The Balaban J connectivity index is 1.96. The minimum absolute atomic E-state index is 0.206. The van der Waals surface area contributed by atoms with Crippen LogP contribution in [0.5, 0.6) is 0 Å². The van der Waals surface area contributed by atoms with E-state index < -0.39 is 5.97 Å². The molecule has 0 radical (unpaired) electrons. The van der Waals surface area contributed by atoms with Crippen LogP contribution >= 0.6 is 0 Å². The number of furan rings is 1. The van der Waals surface area contributed by atoms with Crippen molar-refractivity contribution in [3.05, 3.63) is 24.2 Å². The summed E-state index contributed by atoms with van der Waals surface area (Å²) in [5, 5.41) is 8.64. The summed E-state index contributed by atoms with van der Waals surface area (Å²) in [6, 6.07) is 4.12. The van der Waals surface area contributed by atoms with Gasteiger partial charge in [-0.1, -0.05) is 0 Å². The van der Waals surface area contributed by atoms with Gasteiger partial charge in [0.05, 0.1) is 18.7 Å². The van der Waals surface area contributed by atoms with Gasteiger partial charge < -0.3 is 9.52 Å². The Hall–Kier alpha value is -1.29. The van der Waals surface area contributed by atoms with Crippen LogP contribution in [0.1, 0.15) is 31.1 Å². The summed E-state index contributed by atoms with van der Waals surface area (Å²) in [7, 11) is 0. The Bertz CT molecular complexity index is 321. The molecule has 2 rings (SSSR count). The van der Waals surface area contributed by atoms with Gasteiger partial charge in [0.25, 0.3) is 0 Å². The summed E-state index contributed by atoms with van der Waals surface area (Å²) in [5.41, 5.74) is 0. The maximum atomic E-state index is 10.5. The molecule has 0 unspecified atom stereocenters. The third-order valence-corrected chi connectivity index (χ3v) is 2.85. The third-order valence-electron chi connectivity index (χ3n) is 2.85. The molecule has 1 aromatic heterocycles. The number of carboxylic acid groups (broad SMARTS) is 1. The Morgan fingerprint density at radius 3 is 3.20 bits per heavy atom. The minimum Gasteiger partial charge on any atom is -0.481 e. The van der Waals surface area contributed by atoms with Crippen molar-refractivity contribution >= 4 is 5.97 Å². The molecule has 4 nitrogen and oxygen atoms in total. The third kappa shape index (κ3) is 2.39. The first-order valence-electron chi connectivity index (χ1n) is 5.26. The second-order valence-electron chi connectivity index (χ2n) is 3.85. The fourth-order valence-corrected chi connectivity index (χ4v) is 2.14. The first-order valence-corrected chi connectivity index (χ1v) is 5.26. The molecule has 1 aliphatic rings. The highest BCUT2D eigenvalue weighted by Crippen LogP contribution is 2.31. The Morgan fingerprint density at radius 2 is 2.53 bits per heavy atom. The first kappa shape index (κ1) is 10.2. The van der Waals surface area contributed by atoms with Crippen LogP contribution < -0.4 is 0 Å². The summed E-state index contributed by atoms with van der Waals surface area (Å²) < 4.78 is 5.37. The number of rotatable bonds is 4. The Labute approximate surface area is 88.5 Å². The van der Waals surface area contributed by atoms with Crippen LogP contribution in [-0.4, -0.2) is 29.1 Å². The van der Waals surface area contributed by atoms with Crippen molar-refractivity contribution in [1.82, 2.24) is 4.90 Å². The molecule has 1 N–H and O–H groups in total. The predicted molar refractivity (Wildman–Crippen MR) is 54.5 cm³/mol. The quantitative estimate of drug-likeness (QED) is 0.822. The van der Waals surface area contributed by atoms with Crippen molar-refractivity contribution in [2.75, 3.05) is 13.1 Å². The van der Waals surface area contributed by atoms with E-state index in [1.807, 2.05) is 12.1 Å². The summed E-state index contributed by atoms with van der Waals surface area (Å²) in [5.74, 6) is 0.220. The van der Waals surface area contributed by atoms with E-state index in [0.717, 1.165) is 25.1 Å². The molecule has 2 heterocycles. The number of hydrogen-bond acceptors (Lipinski definition) is 3. The maximum absolute atomic E-state index is 10.5. The average Bonchev–Trinajstić information content (AvgIpc) is 2.85. The van der Waals surface area contributed by atoms with Gasteiger partial charge in [0.1, 0.15) is 5.76 Å². The molecule has 0 amide bonds. The molecule has 0 bridgehead atoms. The lowest BCUT2D eigenvalue weighted by Crippen LogP contribution is -2.25. The van der Waals surface area contributed by atoms with Crippen molar-refractivity contribution in [2.24, 2.45) is 0 Å². The first-order chi connectivity index (χ1) is 7.27. The summed E-state index contributed by atoms with van der Waals surface area (Å²) in [6.45, 7) is 1.58. The van der Waals surface area contributed by atoms with Gasteiger partial charge in [-0.3, -0.25) is 9.69 Å². The second kappa shape index (κ2) is 4.49.